The van der Waals surface area contributed by atoms with E-state index < -0.39 is 5.97 Å². The summed E-state index contributed by atoms with van der Waals surface area (Å²) in [7, 11) is 0. The molecule has 13 heavy (non-hydrogen) atoms. The van der Waals surface area contributed by atoms with Gasteiger partial charge in [-0.25, -0.2) is 14.8 Å². The summed E-state index contributed by atoms with van der Waals surface area (Å²) in [6.45, 7) is 0. The number of carboxylic acids is 1. The number of carbonyl (C=O) groups is 1. The lowest BCUT2D eigenvalue weighted by Crippen LogP contribution is -2.11. The van der Waals surface area contributed by atoms with Gasteiger partial charge in [0.1, 0.15) is 5.71 Å². The fourth-order valence-corrected chi connectivity index (χ4v) is 1.20. The second-order valence-corrected chi connectivity index (χ2v) is 2.87. The Morgan fingerprint density at radius 3 is 3.08 bits per heavy atom. The van der Waals surface area contributed by atoms with Gasteiger partial charge in [0.05, 0.1) is 0 Å². The molecule has 2 heterocycles. The Kier molecular flexibility index (Phi) is 1.73. The summed E-state index contributed by atoms with van der Waals surface area (Å²) in [5.74, 6) is -0.675. The van der Waals surface area contributed by atoms with Crippen molar-refractivity contribution >= 4 is 29.1 Å². The summed E-state index contributed by atoms with van der Waals surface area (Å²) in [4.78, 5) is 21.9. The highest BCUT2D eigenvalue weighted by molar-refractivity contribution is 6.37. The van der Waals surface area contributed by atoms with E-state index in [0.717, 1.165) is 0 Å². The molecule has 0 aliphatic carbocycles. The number of rotatable bonds is 1. The van der Waals surface area contributed by atoms with E-state index in [4.69, 9.17) is 16.7 Å². The van der Waals surface area contributed by atoms with Crippen molar-refractivity contribution in [2.24, 2.45) is 4.99 Å². The van der Waals surface area contributed by atoms with E-state index in [0.29, 0.717) is 11.4 Å². The molecule has 5 nitrogen and oxygen atoms in total. The van der Waals surface area contributed by atoms with Crippen LogP contribution in [0.5, 0.6) is 0 Å². The summed E-state index contributed by atoms with van der Waals surface area (Å²) < 4.78 is 0. The summed E-state index contributed by atoms with van der Waals surface area (Å²) in [5, 5.41) is 8.72. The van der Waals surface area contributed by atoms with Crippen molar-refractivity contribution < 1.29 is 9.90 Å². The van der Waals surface area contributed by atoms with E-state index in [2.05, 4.69) is 15.0 Å². The normalized spacial score (nSPS) is 13.8. The molecule has 1 aromatic heterocycles. The van der Waals surface area contributed by atoms with Crippen LogP contribution in [0.25, 0.3) is 0 Å². The average molecular weight is 198 g/mol. The highest BCUT2D eigenvalue weighted by atomic mass is 35.5. The van der Waals surface area contributed by atoms with Gasteiger partial charge in [0, 0.05) is 18.2 Å². The Labute approximate surface area is 78.1 Å². The smallest absolute Gasteiger partial charge is 0.350 e. The van der Waals surface area contributed by atoms with Crippen LogP contribution >= 0.6 is 11.6 Å². The lowest BCUT2D eigenvalue weighted by molar-refractivity contribution is -0.129. The molecule has 0 radical (unpaired) electrons. The van der Waals surface area contributed by atoms with E-state index in [1.165, 1.54) is 6.20 Å². The van der Waals surface area contributed by atoms with E-state index >= 15 is 0 Å². The first kappa shape index (κ1) is 8.12. The molecule has 1 aliphatic heterocycles. The minimum Gasteiger partial charge on any atom is -0.477 e. The molecular weight excluding hydrogens is 194 g/mol. The highest BCUT2D eigenvalue weighted by Gasteiger charge is 2.21. The van der Waals surface area contributed by atoms with E-state index in [1.807, 2.05) is 0 Å². The van der Waals surface area contributed by atoms with Gasteiger partial charge >= 0.3 is 5.97 Å². The quantitative estimate of drug-likeness (QED) is 0.677. The van der Waals surface area contributed by atoms with Crippen LogP contribution in [-0.2, 0) is 11.2 Å². The molecule has 66 valence electrons. The molecule has 6 heteroatoms. The predicted molar refractivity (Wildman–Crippen MR) is 45.5 cm³/mol. The number of hydrogen-bond acceptors (Lipinski definition) is 4. The zero-order valence-electron chi connectivity index (χ0n) is 6.36. The van der Waals surface area contributed by atoms with Crippen LogP contribution in [0, 0.1) is 0 Å². The SMILES string of the molecule is O=C(O)C1=Nc2nc(Cl)ncc2C1. The third kappa shape index (κ3) is 1.38. The molecule has 0 unspecified atom stereocenters. The van der Waals surface area contributed by atoms with Crippen LogP contribution in [0.1, 0.15) is 5.56 Å². The van der Waals surface area contributed by atoms with Gasteiger partial charge in [0.25, 0.3) is 0 Å². The molecule has 0 saturated carbocycles. The minimum atomic E-state index is -1.03. The molecule has 1 aliphatic rings. The molecule has 0 spiro atoms. The van der Waals surface area contributed by atoms with Gasteiger partial charge in [-0.3, -0.25) is 0 Å². The van der Waals surface area contributed by atoms with Crippen LogP contribution in [0.3, 0.4) is 0 Å². The fourth-order valence-electron chi connectivity index (χ4n) is 1.07. The summed E-state index contributed by atoms with van der Waals surface area (Å²) in [6, 6.07) is 0. The Bertz CT molecular complexity index is 416. The molecule has 0 fully saturated rings. The number of nitrogens with zero attached hydrogens (tertiary/aromatic N) is 3. The van der Waals surface area contributed by atoms with Gasteiger partial charge in [-0.15, -0.1) is 0 Å². The van der Waals surface area contributed by atoms with E-state index in [-0.39, 0.29) is 17.4 Å². The third-order valence-corrected chi connectivity index (χ3v) is 1.84. The highest BCUT2D eigenvalue weighted by Crippen LogP contribution is 2.24. The van der Waals surface area contributed by atoms with Crippen molar-refractivity contribution in [2.75, 3.05) is 0 Å². The van der Waals surface area contributed by atoms with Gasteiger partial charge in [-0.05, 0) is 11.6 Å². The molecule has 0 aromatic carbocycles. The molecule has 2 rings (SSSR count). The Morgan fingerprint density at radius 2 is 2.38 bits per heavy atom. The van der Waals surface area contributed by atoms with Gasteiger partial charge in [0.2, 0.25) is 5.28 Å². The number of aromatic nitrogens is 2. The second kappa shape index (κ2) is 2.77. The van der Waals surface area contributed by atoms with Crippen LogP contribution in [-0.4, -0.2) is 26.8 Å². The van der Waals surface area contributed by atoms with E-state index in [9.17, 15) is 4.79 Å². The molecule has 1 N–H and O–H groups in total. The summed E-state index contributed by atoms with van der Waals surface area (Å²) >= 11 is 5.51. The van der Waals surface area contributed by atoms with Crippen molar-refractivity contribution in [2.45, 2.75) is 6.42 Å². The average Bonchev–Trinajstić information content (AvgIpc) is 2.46. The number of carboxylic acid groups (broad SMARTS) is 1. The number of halogens is 1. The molecule has 0 saturated heterocycles. The monoisotopic (exact) mass is 197 g/mol. The molecule has 0 bridgehead atoms. The largest absolute Gasteiger partial charge is 0.477 e. The van der Waals surface area contributed by atoms with Crippen molar-refractivity contribution in [1.82, 2.24) is 9.97 Å². The van der Waals surface area contributed by atoms with Crippen LogP contribution in [0.2, 0.25) is 5.28 Å². The topological polar surface area (TPSA) is 75.4 Å². The van der Waals surface area contributed by atoms with Crippen molar-refractivity contribution in [1.29, 1.82) is 0 Å². The number of aliphatic carboxylic acids is 1. The Balaban J connectivity index is 2.43. The van der Waals surface area contributed by atoms with E-state index in [1.54, 1.807) is 0 Å². The Morgan fingerprint density at radius 1 is 1.62 bits per heavy atom. The molecule has 1 aromatic rings. The van der Waals surface area contributed by atoms with Crippen molar-refractivity contribution in [3.05, 3.63) is 17.0 Å². The maximum absolute atomic E-state index is 10.5. The van der Waals surface area contributed by atoms with Gasteiger partial charge < -0.3 is 5.11 Å². The number of fused-ring (bicyclic) bond motifs is 1. The van der Waals surface area contributed by atoms with Crippen LogP contribution < -0.4 is 0 Å². The number of aliphatic imine (C=N–C) groups is 1. The van der Waals surface area contributed by atoms with Crippen LogP contribution in [0.4, 0.5) is 5.82 Å². The van der Waals surface area contributed by atoms with Gasteiger partial charge in [-0.1, -0.05) is 0 Å². The fraction of sp³-hybridized carbons (Fsp3) is 0.143. The molecule has 0 atom stereocenters. The second-order valence-electron chi connectivity index (χ2n) is 2.53. The zero-order valence-corrected chi connectivity index (χ0v) is 7.12. The zero-order chi connectivity index (χ0) is 9.42. The maximum atomic E-state index is 10.5. The van der Waals surface area contributed by atoms with Crippen LogP contribution in [0.15, 0.2) is 11.2 Å². The lowest BCUT2D eigenvalue weighted by atomic mass is 10.2. The standard InChI is InChI=1S/C7H4ClN3O2/c8-7-9-2-3-1-4(6(12)13)10-5(3)11-7/h2H,1H2,(H,12,13). The summed E-state index contributed by atoms with van der Waals surface area (Å²) in [5.41, 5.74) is 0.772. The van der Waals surface area contributed by atoms with Crippen molar-refractivity contribution in [3.63, 3.8) is 0 Å². The lowest BCUT2D eigenvalue weighted by Gasteiger charge is -1.93. The van der Waals surface area contributed by atoms with Gasteiger partial charge in [0.15, 0.2) is 5.82 Å². The minimum absolute atomic E-state index is 0.0755. The Hall–Kier alpha value is -1.49. The molecule has 0 amide bonds. The first-order chi connectivity index (χ1) is 6.16. The molecular formula is C7H4ClN3O2. The predicted octanol–water partition coefficient (Wildman–Crippen LogP) is 0.843. The van der Waals surface area contributed by atoms with Crippen molar-refractivity contribution in [3.8, 4) is 0 Å². The number of hydrogen-bond donors (Lipinski definition) is 1. The first-order valence-electron chi connectivity index (χ1n) is 3.49. The van der Waals surface area contributed by atoms with Gasteiger partial charge in [-0.2, -0.15) is 4.98 Å². The summed E-state index contributed by atoms with van der Waals surface area (Å²) in [6.07, 6.45) is 1.76. The first-order valence-corrected chi connectivity index (χ1v) is 3.87. The third-order valence-electron chi connectivity index (χ3n) is 1.66. The maximum Gasteiger partial charge on any atom is 0.350 e.